The van der Waals surface area contributed by atoms with E-state index in [0.717, 1.165) is 16.9 Å². The van der Waals surface area contributed by atoms with Gasteiger partial charge in [-0.3, -0.25) is 9.88 Å². The molecule has 5 heteroatoms. The van der Waals surface area contributed by atoms with E-state index in [2.05, 4.69) is 9.88 Å². The monoisotopic (exact) mass is 306 g/mol. The molecule has 0 saturated carbocycles. The first kappa shape index (κ1) is 15.8. The molecule has 0 aliphatic heterocycles. The highest BCUT2D eigenvalue weighted by Crippen LogP contribution is 2.24. The van der Waals surface area contributed by atoms with Crippen LogP contribution in [-0.4, -0.2) is 35.3 Å². The van der Waals surface area contributed by atoms with Crippen molar-refractivity contribution in [3.8, 4) is 5.75 Å². The van der Waals surface area contributed by atoms with Gasteiger partial charge in [-0.05, 0) is 29.8 Å². The maximum atomic E-state index is 9.26. The van der Waals surface area contributed by atoms with E-state index in [-0.39, 0.29) is 6.61 Å². The smallest absolute Gasteiger partial charge is 0.123 e. The minimum atomic E-state index is 0.100. The van der Waals surface area contributed by atoms with Gasteiger partial charge in [0.2, 0.25) is 0 Å². The van der Waals surface area contributed by atoms with Gasteiger partial charge in [-0.25, -0.2) is 0 Å². The van der Waals surface area contributed by atoms with Crippen molar-refractivity contribution in [2.24, 2.45) is 0 Å². The lowest BCUT2D eigenvalue weighted by Gasteiger charge is -2.22. The number of aliphatic hydroxyl groups is 1. The van der Waals surface area contributed by atoms with Gasteiger partial charge in [-0.1, -0.05) is 17.7 Å². The summed E-state index contributed by atoms with van der Waals surface area (Å²) >= 11 is 6.06. The minimum absolute atomic E-state index is 0.100. The molecular formula is C16H19ClN2O2. The Morgan fingerprint density at radius 2 is 2.14 bits per heavy atom. The number of benzene rings is 1. The number of ether oxygens (including phenoxy) is 1. The summed E-state index contributed by atoms with van der Waals surface area (Å²) in [4.78, 5) is 6.25. The predicted molar refractivity (Wildman–Crippen MR) is 83.4 cm³/mol. The molecule has 0 radical (unpaired) electrons. The van der Waals surface area contributed by atoms with E-state index in [1.54, 1.807) is 19.4 Å². The Hall–Kier alpha value is -1.62. The average molecular weight is 307 g/mol. The highest BCUT2D eigenvalue weighted by Gasteiger charge is 2.11. The van der Waals surface area contributed by atoms with Crippen LogP contribution in [-0.2, 0) is 13.1 Å². The van der Waals surface area contributed by atoms with Gasteiger partial charge in [0.15, 0.2) is 0 Å². The van der Waals surface area contributed by atoms with Gasteiger partial charge in [0.1, 0.15) is 5.75 Å². The SMILES string of the molecule is COc1ccc(Cl)cc1CN(CCO)Cc1cccnc1. The lowest BCUT2D eigenvalue weighted by Crippen LogP contribution is -2.26. The molecule has 1 aromatic heterocycles. The maximum absolute atomic E-state index is 9.26. The van der Waals surface area contributed by atoms with Gasteiger partial charge >= 0.3 is 0 Å². The Morgan fingerprint density at radius 3 is 2.81 bits per heavy atom. The summed E-state index contributed by atoms with van der Waals surface area (Å²) in [5.41, 5.74) is 2.11. The second kappa shape index (κ2) is 7.98. The first-order valence-corrected chi connectivity index (χ1v) is 7.15. The van der Waals surface area contributed by atoms with E-state index in [1.165, 1.54) is 0 Å². The molecule has 2 rings (SSSR count). The fourth-order valence-electron chi connectivity index (χ4n) is 2.22. The molecule has 1 N–H and O–H groups in total. The first-order chi connectivity index (χ1) is 10.2. The molecule has 112 valence electrons. The number of pyridine rings is 1. The quantitative estimate of drug-likeness (QED) is 0.854. The molecule has 1 heterocycles. The number of rotatable bonds is 7. The molecule has 1 aromatic carbocycles. The molecule has 0 amide bonds. The van der Waals surface area contributed by atoms with Crippen LogP contribution >= 0.6 is 11.6 Å². The summed E-state index contributed by atoms with van der Waals surface area (Å²) in [6, 6.07) is 9.49. The lowest BCUT2D eigenvalue weighted by molar-refractivity contribution is 0.183. The standard InChI is InChI=1S/C16H19ClN2O2/c1-21-16-5-4-15(17)9-14(16)12-19(7-8-20)11-13-3-2-6-18-10-13/h2-6,9-10,20H,7-8,11-12H2,1H3. The third kappa shape index (κ3) is 4.70. The van der Waals surface area contributed by atoms with Crippen molar-refractivity contribution in [1.82, 2.24) is 9.88 Å². The third-order valence-corrected chi connectivity index (χ3v) is 3.42. The molecule has 0 unspecified atom stereocenters. The summed E-state index contributed by atoms with van der Waals surface area (Å²) in [6.07, 6.45) is 3.58. The van der Waals surface area contributed by atoms with Crippen LogP contribution in [0.4, 0.5) is 0 Å². The van der Waals surface area contributed by atoms with Gasteiger partial charge in [0.25, 0.3) is 0 Å². The second-order valence-corrected chi connectivity index (χ2v) is 5.19. The number of halogens is 1. The van der Waals surface area contributed by atoms with Crippen LogP contribution in [0.3, 0.4) is 0 Å². The highest BCUT2D eigenvalue weighted by molar-refractivity contribution is 6.30. The number of methoxy groups -OCH3 is 1. The molecule has 0 bridgehead atoms. The van der Waals surface area contributed by atoms with Crippen LogP contribution in [0.5, 0.6) is 5.75 Å². The van der Waals surface area contributed by atoms with Crippen molar-refractivity contribution in [3.63, 3.8) is 0 Å². The Balaban J connectivity index is 2.14. The molecule has 4 nitrogen and oxygen atoms in total. The predicted octanol–water partition coefficient (Wildman–Crippen LogP) is 2.74. The zero-order chi connectivity index (χ0) is 15.1. The van der Waals surface area contributed by atoms with Crippen LogP contribution in [0.15, 0.2) is 42.7 Å². The highest BCUT2D eigenvalue weighted by atomic mass is 35.5. The fourth-order valence-corrected chi connectivity index (χ4v) is 2.41. The molecule has 0 spiro atoms. The summed E-state index contributed by atoms with van der Waals surface area (Å²) in [5, 5.41) is 9.94. The van der Waals surface area contributed by atoms with Crippen LogP contribution in [0.2, 0.25) is 5.02 Å². The largest absolute Gasteiger partial charge is 0.496 e. The number of hydrogen-bond donors (Lipinski definition) is 1. The zero-order valence-electron chi connectivity index (χ0n) is 12.0. The Kier molecular flexibility index (Phi) is 5.99. The van der Waals surface area contributed by atoms with Gasteiger partial charge in [0.05, 0.1) is 13.7 Å². The van der Waals surface area contributed by atoms with E-state index in [4.69, 9.17) is 16.3 Å². The third-order valence-electron chi connectivity index (χ3n) is 3.18. The molecule has 0 aliphatic carbocycles. The molecule has 21 heavy (non-hydrogen) atoms. The van der Waals surface area contributed by atoms with Gasteiger partial charge in [0, 0.05) is 42.6 Å². The van der Waals surface area contributed by atoms with Gasteiger partial charge in [-0.2, -0.15) is 0 Å². The Bertz CT molecular complexity index is 563. The first-order valence-electron chi connectivity index (χ1n) is 6.77. The van der Waals surface area contributed by atoms with Crippen molar-refractivity contribution in [2.45, 2.75) is 13.1 Å². The summed E-state index contributed by atoms with van der Waals surface area (Å²) in [6.45, 7) is 2.04. The maximum Gasteiger partial charge on any atom is 0.123 e. The van der Waals surface area contributed by atoms with E-state index in [0.29, 0.717) is 24.7 Å². The van der Waals surface area contributed by atoms with Gasteiger partial charge in [-0.15, -0.1) is 0 Å². The molecule has 0 fully saturated rings. The fraction of sp³-hybridized carbons (Fsp3) is 0.312. The van der Waals surface area contributed by atoms with Crippen LogP contribution in [0.1, 0.15) is 11.1 Å². The van der Waals surface area contributed by atoms with Crippen LogP contribution in [0.25, 0.3) is 0 Å². The average Bonchev–Trinajstić information content (AvgIpc) is 2.49. The number of nitrogens with zero attached hydrogens (tertiary/aromatic N) is 2. The summed E-state index contributed by atoms with van der Waals surface area (Å²) < 4.78 is 5.37. The van der Waals surface area contributed by atoms with Crippen LogP contribution < -0.4 is 4.74 Å². The summed E-state index contributed by atoms with van der Waals surface area (Å²) in [7, 11) is 1.64. The zero-order valence-corrected chi connectivity index (χ0v) is 12.8. The molecule has 0 aliphatic rings. The van der Waals surface area contributed by atoms with Crippen molar-refractivity contribution in [3.05, 3.63) is 58.9 Å². The topological polar surface area (TPSA) is 45.6 Å². The van der Waals surface area contributed by atoms with Crippen LogP contribution in [0, 0.1) is 0 Å². The molecule has 2 aromatic rings. The normalized spacial score (nSPS) is 10.9. The number of hydrogen-bond acceptors (Lipinski definition) is 4. The van der Waals surface area contributed by atoms with Crippen molar-refractivity contribution >= 4 is 11.6 Å². The minimum Gasteiger partial charge on any atom is -0.496 e. The lowest BCUT2D eigenvalue weighted by atomic mass is 10.1. The van der Waals surface area contributed by atoms with Crippen molar-refractivity contribution in [2.75, 3.05) is 20.3 Å². The van der Waals surface area contributed by atoms with E-state index < -0.39 is 0 Å². The Morgan fingerprint density at radius 1 is 1.29 bits per heavy atom. The van der Waals surface area contributed by atoms with E-state index in [1.807, 2.05) is 30.5 Å². The molecular weight excluding hydrogens is 288 g/mol. The molecule has 0 atom stereocenters. The number of aliphatic hydroxyl groups excluding tert-OH is 1. The van der Waals surface area contributed by atoms with Crippen molar-refractivity contribution < 1.29 is 9.84 Å². The van der Waals surface area contributed by atoms with Crippen molar-refractivity contribution in [1.29, 1.82) is 0 Å². The van der Waals surface area contributed by atoms with E-state index in [9.17, 15) is 5.11 Å². The number of aromatic nitrogens is 1. The second-order valence-electron chi connectivity index (χ2n) is 4.75. The Labute approximate surface area is 130 Å². The summed E-state index contributed by atoms with van der Waals surface area (Å²) in [5.74, 6) is 0.800. The van der Waals surface area contributed by atoms with E-state index >= 15 is 0 Å². The van der Waals surface area contributed by atoms with Gasteiger partial charge < -0.3 is 9.84 Å². The molecule has 0 saturated heterocycles.